The number of benzene rings is 2. The van der Waals surface area contributed by atoms with Crippen molar-refractivity contribution >= 4 is 5.78 Å². The summed E-state index contributed by atoms with van der Waals surface area (Å²) in [5.41, 5.74) is 1.89. The number of ketones is 1. The van der Waals surface area contributed by atoms with E-state index in [0.717, 1.165) is 24.0 Å². The number of hydrogen-bond acceptors (Lipinski definition) is 1. The van der Waals surface area contributed by atoms with E-state index in [1.807, 2.05) is 48.5 Å². The molecule has 2 rings (SSSR count). The molecule has 1 atom stereocenters. The molecule has 0 saturated carbocycles. The fourth-order valence-corrected chi connectivity index (χ4v) is 2.70. The van der Waals surface area contributed by atoms with Crippen LogP contribution in [-0.2, 0) is 0 Å². The van der Waals surface area contributed by atoms with Gasteiger partial charge in [-0.05, 0) is 12.0 Å². The molecule has 0 unspecified atom stereocenters. The van der Waals surface area contributed by atoms with Crippen molar-refractivity contribution in [3.8, 4) is 11.8 Å². The van der Waals surface area contributed by atoms with Gasteiger partial charge < -0.3 is 0 Å². The molecular weight excluding hydrogens is 292 g/mol. The van der Waals surface area contributed by atoms with Crippen LogP contribution in [0.2, 0.25) is 0 Å². The Hall–Kier alpha value is -2.33. The SMILES string of the molecule is CCCCCCC#C[C@@H](CC(=O)c1ccccc1)c1ccccc1. The molecule has 2 aromatic rings. The first-order chi connectivity index (χ1) is 11.8. The minimum atomic E-state index is -0.0231. The van der Waals surface area contributed by atoms with Crippen molar-refractivity contribution < 1.29 is 4.79 Å². The minimum Gasteiger partial charge on any atom is -0.294 e. The summed E-state index contributed by atoms with van der Waals surface area (Å²) in [6.45, 7) is 2.21. The van der Waals surface area contributed by atoms with Gasteiger partial charge in [-0.25, -0.2) is 0 Å². The average molecular weight is 318 g/mol. The molecule has 0 aromatic heterocycles. The molecule has 1 nitrogen and oxygen atoms in total. The van der Waals surface area contributed by atoms with Crippen LogP contribution in [0, 0.1) is 11.8 Å². The highest BCUT2D eigenvalue weighted by Gasteiger charge is 2.14. The number of carbonyl (C=O) groups excluding carboxylic acids is 1. The van der Waals surface area contributed by atoms with Gasteiger partial charge in [0, 0.05) is 18.4 Å². The van der Waals surface area contributed by atoms with E-state index in [-0.39, 0.29) is 11.7 Å². The summed E-state index contributed by atoms with van der Waals surface area (Å²) in [6, 6.07) is 19.7. The lowest BCUT2D eigenvalue weighted by atomic mass is 9.92. The summed E-state index contributed by atoms with van der Waals surface area (Å²) in [7, 11) is 0. The van der Waals surface area contributed by atoms with Crippen molar-refractivity contribution in [3.63, 3.8) is 0 Å². The normalized spacial score (nSPS) is 11.4. The van der Waals surface area contributed by atoms with Crippen molar-refractivity contribution in [3.05, 3.63) is 71.8 Å². The zero-order chi connectivity index (χ0) is 17.0. The van der Waals surface area contributed by atoms with Gasteiger partial charge in [-0.1, -0.05) is 92.8 Å². The predicted octanol–water partition coefficient (Wildman–Crippen LogP) is 6.02. The maximum absolute atomic E-state index is 12.5. The van der Waals surface area contributed by atoms with Crippen LogP contribution in [-0.4, -0.2) is 5.78 Å². The van der Waals surface area contributed by atoms with Crippen LogP contribution in [0.5, 0.6) is 0 Å². The molecule has 0 radical (unpaired) electrons. The second-order valence-corrected chi connectivity index (χ2v) is 6.09. The van der Waals surface area contributed by atoms with E-state index in [1.165, 1.54) is 19.3 Å². The number of unbranched alkanes of at least 4 members (excludes halogenated alkanes) is 4. The average Bonchev–Trinajstić information content (AvgIpc) is 2.65. The lowest BCUT2D eigenvalue weighted by molar-refractivity contribution is 0.0979. The van der Waals surface area contributed by atoms with Crippen molar-refractivity contribution in [2.75, 3.05) is 0 Å². The van der Waals surface area contributed by atoms with E-state index >= 15 is 0 Å². The van der Waals surface area contributed by atoms with E-state index in [1.54, 1.807) is 0 Å². The number of Topliss-reactive ketones (excluding diaryl/α,β-unsaturated/α-hetero) is 1. The first-order valence-electron chi connectivity index (χ1n) is 8.93. The van der Waals surface area contributed by atoms with E-state index in [4.69, 9.17) is 0 Å². The molecule has 1 heteroatoms. The molecule has 0 spiro atoms. The van der Waals surface area contributed by atoms with E-state index < -0.39 is 0 Å². The fourth-order valence-electron chi connectivity index (χ4n) is 2.70. The molecule has 0 aliphatic heterocycles. The predicted molar refractivity (Wildman–Crippen MR) is 101 cm³/mol. The molecular formula is C23H26O. The van der Waals surface area contributed by atoms with Gasteiger partial charge in [-0.15, -0.1) is 5.92 Å². The lowest BCUT2D eigenvalue weighted by Gasteiger charge is -2.10. The maximum Gasteiger partial charge on any atom is 0.164 e. The smallest absolute Gasteiger partial charge is 0.164 e. The second-order valence-electron chi connectivity index (χ2n) is 6.09. The molecule has 124 valence electrons. The van der Waals surface area contributed by atoms with E-state index in [0.29, 0.717) is 6.42 Å². The van der Waals surface area contributed by atoms with E-state index in [2.05, 4.69) is 30.9 Å². The monoisotopic (exact) mass is 318 g/mol. The molecule has 0 fully saturated rings. The van der Waals surface area contributed by atoms with Crippen LogP contribution in [0.4, 0.5) is 0 Å². The summed E-state index contributed by atoms with van der Waals surface area (Å²) < 4.78 is 0. The number of carbonyl (C=O) groups is 1. The third-order valence-corrected chi connectivity index (χ3v) is 4.12. The Kier molecular flexibility index (Phi) is 7.84. The van der Waals surface area contributed by atoms with E-state index in [9.17, 15) is 4.79 Å². The minimum absolute atomic E-state index is 0.0231. The topological polar surface area (TPSA) is 17.1 Å². The highest BCUT2D eigenvalue weighted by molar-refractivity contribution is 5.96. The van der Waals surface area contributed by atoms with Gasteiger partial charge in [0.1, 0.15) is 0 Å². The van der Waals surface area contributed by atoms with Gasteiger partial charge in [0.25, 0.3) is 0 Å². The van der Waals surface area contributed by atoms with Gasteiger partial charge >= 0.3 is 0 Å². The molecule has 0 saturated heterocycles. The number of hydrogen-bond donors (Lipinski definition) is 0. The fraction of sp³-hybridized carbons (Fsp3) is 0.348. The molecule has 0 bridgehead atoms. The van der Waals surface area contributed by atoms with Crippen molar-refractivity contribution in [2.24, 2.45) is 0 Å². The van der Waals surface area contributed by atoms with Crippen LogP contribution in [0.3, 0.4) is 0 Å². The van der Waals surface area contributed by atoms with Crippen molar-refractivity contribution in [1.82, 2.24) is 0 Å². The molecule has 0 aliphatic rings. The first-order valence-corrected chi connectivity index (χ1v) is 8.93. The third-order valence-electron chi connectivity index (χ3n) is 4.12. The summed E-state index contributed by atoms with van der Waals surface area (Å²) in [4.78, 5) is 12.5. The van der Waals surface area contributed by atoms with Crippen LogP contribution < -0.4 is 0 Å². The van der Waals surface area contributed by atoms with Crippen LogP contribution in [0.1, 0.15) is 67.3 Å². The van der Waals surface area contributed by atoms with Gasteiger partial charge in [-0.2, -0.15) is 0 Å². The Morgan fingerprint density at radius 2 is 1.58 bits per heavy atom. The summed E-state index contributed by atoms with van der Waals surface area (Å²) in [5, 5.41) is 0. The lowest BCUT2D eigenvalue weighted by Crippen LogP contribution is -2.06. The van der Waals surface area contributed by atoms with Gasteiger partial charge in [0.05, 0.1) is 5.92 Å². The molecule has 0 heterocycles. The second kappa shape index (κ2) is 10.4. The van der Waals surface area contributed by atoms with Gasteiger partial charge in [-0.3, -0.25) is 4.79 Å². The Balaban J connectivity index is 2.04. The summed E-state index contributed by atoms with van der Waals surface area (Å²) in [6.07, 6.45) is 6.26. The maximum atomic E-state index is 12.5. The molecule has 0 N–H and O–H groups in total. The summed E-state index contributed by atoms with van der Waals surface area (Å²) >= 11 is 0. The van der Waals surface area contributed by atoms with Gasteiger partial charge in [0.2, 0.25) is 0 Å². The molecule has 0 amide bonds. The summed E-state index contributed by atoms with van der Waals surface area (Å²) in [5.74, 6) is 6.77. The molecule has 2 aromatic carbocycles. The quantitative estimate of drug-likeness (QED) is 0.330. The highest BCUT2D eigenvalue weighted by atomic mass is 16.1. The third kappa shape index (κ3) is 6.05. The molecule has 24 heavy (non-hydrogen) atoms. The first kappa shape index (κ1) is 18.0. The van der Waals surface area contributed by atoms with Crippen LogP contribution >= 0.6 is 0 Å². The standard InChI is InChI=1S/C23H26O/c1-2-3-4-5-6-9-18-22(20-14-10-7-11-15-20)19-23(24)21-16-12-8-13-17-21/h7-8,10-17,22H,2-6,19H2,1H3/t22-/m0/s1. The Morgan fingerprint density at radius 3 is 2.25 bits per heavy atom. The highest BCUT2D eigenvalue weighted by Crippen LogP contribution is 2.21. The van der Waals surface area contributed by atoms with Crippen molar-refractivity contribution in [1.29, 1.82) is 0 Å². The van der Waals surface area contributed by atoms with Crippen molar-refractivity contribution in [2.45, 2.75) is 51.4 Å². The Labute approximate surface area is 146 Å². The largest absolute Gasteiger partial charge is 0.294 e. The number of rotatable bonds is 8. The zero-order valence-corrected chi connectivity index (χ0v) is 14.5. The molecule has 0 aliphatic carbocycles. The van der Waals surface area contributed by atoms with Gasteiger partial charge in [0.15, 0.2) is 5.78 Å². The zero-order valence-electron chi connectivity index (χ0n) is 14.5. The van der Waals surface area contributed by atoms with Crippen LogP contribution in [0.15, 0.2) is 60.7 Å². The van der Waals surface area contributed by atoms with Crippen LogP contribution in [0.25, 0.3) is 0 Å². The Bertz CT molecular complexity index is 661. The Morgan fingerprint density at radius 1 is 0.917 bits per heavy atom.